The summed E-state index contributed by atoms with van der Waals surface area (Å²) in [6.07, 6.45) is 5.52. The molecule has 2 fully saturated rings. The number of hydrogen-bond donors (Lipinski definition) is 0. The Morgan fingerprint density at radius 2 is 1.90 bits per heavy atom. The molecule has 3 heterocycles. The van der Waals surface area contributed by atoms with Gasteiger partial charge in [0.15, 0.2) is 0 Å². The van der Waals surface area contributed by atoms with E-state index in [4.69, 9.17) is 4.98 Å². The highest BCUT2D eigenvalue weighted by Crippen LogP contribution is 2.25. The number of fused-ring (bicyclic) bond motifs is 1. The van der Waals surface area contributed by atoms with Crippen LogP contribution in [0.4, 0.5) is 0 Å². The molecular formula is C24H36N4O. The zero-order valence-corrected chi connectivity index (χ0v) is 18.3. The van der Waals surface area contributed by atoms with Gasteiger partial charge < -0.3 is 9.47 Å². The number of para-hydroxylation sites is 2. The maximum atomic E-state index is 12.9. The van der Waals surface area contributed by atoms with E-state index in [0.717, 1.165) is 55.3 Å². The van der Waals surface area contributed by atoms with E-state index < -0.39 is 0 Å². The van der Waals surface area contributed by atoms with Crippen LogP contribution in [-0.4, -0.2) is 57.5 Å². The number of carbonyl (C=O) groups is 1. The van der Waals surface area contributed by atoms with Crippen LogP contribution in [0.25, 0.3) is 11.0 Å². The van der Waals surface area contributed by atoms with Crippen LogP contribution < -0.4 is 0 Å². The van der Waals surface area contributed by atoms with E-state index in [1.54, 1.807) is 0 Å². The molecule has 0 radical (unpaired) electrons. The summed E-state index contributed by atoms with van der Waals surface area (Å²) in [6.45, 7) is 11.7. The average molecular weight is 397 g/mol. The summed E-state index contributed by atoms with van der Waals surface area (Å²) in [7, 11) is 0. The second kappa shape index (κ2) is 8.86. The van der Waals surface area contributed by atoms with Crippen LogP contribution in [0.1, 0.15) is 64.6 Å². The number of benzene rings is 1. The molecule has 0 saturated carbocycles. The summed E-state index contributed by atoms with van der Waals surface area (Å²) >= 11 is 0. The molecule has 2 aliphatic rings. The molecule has 2 saturated heterocycles. The lowest BCUT2D eigenvalue weighted by atomic mass is 9.95. The van der Waals surface area contributed by atoms with Gasteiger partial charge in [-0.3, -0.25) is 9.69 Å². The highest BCUT2D eigenvalue weighted by atomic mass is 16.2. The fourth-order valence-corrected chi connectivity index (χ4v) is 5.17. The van der Waals surface area contributed by atoms with E-state index in [0.29, 0.717) is 24.3 Å². The molecule has 5 nitrogen and oxygen atoms in total. The predicted molar refractivity (Wildman–Crippen MR) is 118 cm³/mol. The number of nitrogens with zero attached hydrogens (tertiary/aromatic N) is 4. The third kappa shape index (κ3) is 4.50. The van der Waals surface area contributed by atoms with Crippen LogP contribution in [0.15, 0.2) is 24.3 Å². The minimum absolute atomic E-state index is 0.294. The van der Waals surface area contributed by atoms with Gasteiger partial charge in [-0.25, -0.2) is 4.98 Å². The first-order chi connectivity index (χ1) is 14.0. The maximum absolute atomic E-state index is 12.9. The zero-order chi connectivity index (χ0) is 20.4. The zero-order valence-electron chi connectivity index (χ0n) is 18.3. The first-order valence-corrected chi connectivity index (χ1v) is 11.5. The minimum Gasteiger partial charge on any atom is -0.343 e. The normalized spacial score (nSPS) is 21.9. The Kier molecular flexibility index (Phi) is 6.23. The molecule has 0 aliphatic carbocycles. The molecule has 29 heavy (non-hydrogen) atoms. The second-order valence-corrected chi connectivity index (χ2v) is 9.37. The third-order valence-electron chi connectivity index (χ3n) is 6.77. The lowest BCUT2D eigenvalue weighted by Crippen LogP contribution is -2.49. The van der Waals surface area contributed by atoms with E-state index >= 15 is 0 Å². The van der Waals surface area contributed by atoms with Crippen LogP contribution in [0.2, 0.25) is 0 Å². The summed E-state index contributed by atoms with van der Waals surface area (Å²) < 4.78 is 2.25. The number of rotatable bonds is 5. The van der Waals surface area contributed by atoms with Crippen LogP contribution in [0.5, 0.6) is 0 Å². The van der Waals surface area contributed by atoms with Gasteiger partial charge in [0.2, 0.25) is 5.91 Å². The highest BCUT2D eigenvalue weighted by Gasteiger charge is 2.29. The van der Waals surface area contributed by atoms with E-state index in [1.165, 1.54) is 25.9 Å². The number of carbonyl (C=O) groups excluding carboxylic acids is 1. The van der Waals surface area contributed by atoms with Gasteiger partial charge in [0.25, 0.3) is 0 Å². The van der Waals surface area contributed by atoms with Gasteiger partial charge in [0, 0.05) is 44.6 Å². The van der Waals surface area contributed by atoms with E-state index in [1.807, 2.05) is 6.07 Å². The van der Waals surface area contributed by atoms with Crippen molar-refractivity contribution in [3.05, 3.63) is 30.1 Å². The molecule has 1 unspecified atom stereocenters. The second-order valence-electron chi connectivity index (χ2n) is 9.37. The molecule has 1 aromatic heterocycles. The largest absolute Gasteiger partial charge is 0.343 e. The molecule has 1 atom stereocenters. The molecule has 0 bridgehead atoms. The Bertz CT molecular complexity index is 835. The van der Waals surface area contributed by atoms with Gasteiger partial charge in [-0.05, 0) is 50.3 Å². The molecule has 2 aromatic rings. The Morgan fingerprint density at radius 3 is 2.62 bits per heavy atom. The van der Waals surface area contributed by atoms with Gasteiger partial charge in [-0.2, -0.15) is 0 Å². The smallest absolute Gasteiger partial charge is 0.224 e. The van der Waals surface area contributed by atoms with Crippen LogP contribution in [0, 0.1) is 5.92 Å². The number of imidazole rings is 1. The van der Waals surface area contributed by atoms with E-state index in [9.17, 15) is 4.79 Å². The molecule has 5 heteroatoms. The third-order valence-corrected chi connectivity index (χ3v) is 6.77. The maximum Gasteiger partial charge on any atom is 0.224 e. The lowest BCUT2D eigenvalue weighted by Gasteiger charge is -2.41. The Labute approximate surface area is 175 Å². The summed E-state index contributed by atoms with van der Waals surface area (Å²) in [4.78, 5) is 22.5. The standard InChI is InChI=1S/C24H36N4O/c1-18(2)24-25-21-8-4-5-9-22(21)28(24)16-12-23(29)26-14-10-20(11-15-26)27-13-6-7-19(3)17-27/h4-5,8-9,18-20H,6-7,10-17H2,1-3H3. The molecule has 0 spiro atoms. The van der Waals surface area contributed by atoms with Crippen molar-refractivity contribution in [3.8, 4) is 0 Å². The summed E-state index contributed by atoms with van der Waals surface area (Å²) in [5.74, 6) is 2.55. The molecule has 158 valence electrons. The number of aryl methyl sites for hydroxylation is 1. The van der Waals surface area contributed by atoms with Gasteiger partial charge in [-0.1, -0.05) is 32.9 Å². The number of hydrogen-bond acceptors (Lipinski definition) is 3. The molecule has 0 N–H and O–H groups in total. The van der Waals surface area contributed by atoms with E-state index in [-0.39, 0.29) is 0 Å². The van der Waals surface area contributed by atoms with Crippen molar-refractivity contribution >= 4 is 16.9 Å². The van der Waals surface area contributed by atoms with E-state index in [2.05, 4.69) is 53.3 Å². The Morgan fingerprint density at radius 1 is 1.14 bits per heavy atom. The van der Waals surface area contributed by atoms with Crippen molar-refractivity contribution < 1.29 is 4.79 Å². The van der Waals surface area contributed by atoms with Crippen LogP contribution in [-0.2, 0) is 11.3 Å². The molecular weight excluding hydrogens is 360 g/mol. The summed E-state index contributed by atoms with van der Waals surface area (Å²) in [5.41, 5.74) is 2.17. The van der Waals surface area contributed by atoms with Gasteiger partial charge in [-0.15, -0.1) is 0 Å². The van der Waals surface area contributed by atoms with Crippen LogP contribution in [0.3, 0.4) is 0 Å². The number of likely N-dealkylation sites (tertiary alicyclic amines) is 2. The quantitative estimate of drug-likeness (QED) is 0.758. The predicted octanol–water partition coefficient (Wildman–Crippen LogP) is 4.27. The first kappa shape index (κ1) is 20.4. The molecule has 4 rings (SSSR count). The van der Waals surface area contributed by atoms with Gasteiger partial charge in [0.05, 0.1) is 11.0 Å². The van der Waals surface area contributed by atoms with Gasteiger partial charge in [0.1, 0.15) is 5.82 Å². The highest BCUT2D eigenvalue weighted by molar-refractivity contribution is 5.78. The Balaban J connectivity index is 1.34. The minimum atomic E-state index is 0.294. The monoisotopic (exact) mass is 396 g/mol. The van der Waals surface area contributed by atoms with Gasteiger partial charge >= 0.3 is 0 Å². The topological polar surface area (TPSA) is 41.4 Å². The van der Waals surface area contributed by atoms with Crippen molar-refractivity contribution in [2.24, 2.45) is 5.92 Å². The van der Waals surface area contributed by atoms with Crippen molar-refractivity contribution in [1.29, 1.82) is 0 Å². The number of amides is 1. The fourth-order valence-electron chi connectivity index (χ4n) is 5.17. The van der Waals surface area contributed by atoms with Crippen LogP contribution >= 0.6 is 0 Å². The number of piperidine rings is 2. The summed E-state index contributed by atoms with van der Waals surface area (Å²) in [5, 5.41) is 0. The molecule has 1 aromatic carbocycles. The number of aromatic nitrogens is 2. The molecule has 2 aliphatic heterocycles. The van der Waals surface area contributed by atoms with Crippen molar-refractivity contribution in [2.45, 2.75) is 71.4 Å². The van der Waals surface area contributed by atoms with Crippen molar-refractivity contribution in [2.75, 3.05) is 26.2 Å². The van der Waals surface area contributed by atoms with Crippen molar-refractivity contribution in [3.63, 3.8) is 0 Å². The average Bonchev–Trinajstić information content (AvgIpc) is 3.11. The van der Waals surface area contributed by atoms with Crippen molar-refractivity contribution in [1.82, 2.24) is 19.4 Å². The lowest BCUT2D eigenvalue weighted by molar-refractivity contribution is -0.133. The Hall–Kier alpha value is -1.88. The molecule has 1 amide bonds. The fraction of sp³-hybridized carbons (Fsp3) is 0.667. The SMILES string of the molecule is CC1CCCN(C2CCN(C(=O)CCn3c(C(C)C)nc4ccccc43)CC2)C1. The first-order valence-electron chi connectivity index (χ1n) is 11.5. The summed E-state index contributed by atoms with van der Waals surface area (Å²) in [6, 6.07) is 8.93.